The van der Waals surface area contributed by atoms with Crippen molar-refractivity contribution in [3.63, 3.8) is 0 Å². The molecule has 4 N–H and O–H groups in total. The second-order valence-electron chi connectivity index (χ2n) is 4.62. The largest absolute Gasteiger partial charge is 0.496 e. The molecule has 0 aliphatic rings. The molecule has 3 aromatic rings. The quantitative estimate of drug-likeness (QED) is 0.631. The van der Waals surface area contributed by atoms with Gasteiger partial charge in [0.1, 0.15) is 11.6 Å². The van der Waals surface area contributed by atoms with Gasteiger partial charge in [-0.2, -0.15) is 0 Å². The Bertz CT molecular complexity index is 892. The first-order chi connectivity index (χ1) is 10.5. The Hall–Kier alpha value is -1.87. The van der Waals surface area contributed by atoms with Crippen LogP contribution in [0.3, 0.4) is 0 Å². The van der Waals surface area contributed by atoms with Gasteiger partial charge in [-0.15, -0.1) is 11.3 Å². The maximum atomic E-state index is 11.4. The highest BCUT2D eigenvalue weighted by Gasteiger charge is 2.15. The molecule has 5 nitrogen and oxygen atoms in total. The third-order valence-electron chi connectivity index (χ3n) is 3.36. The minimum atomic E-state index is -0.519. The molecule has 3 rings (SSSR count). The first-order valence-electron chi connectivity index (χ1n) is 6.32. The maximum absolute atomic E-state index is 11.4. The Kier molecular flexibility index (Phi) is 3.92. The number of halogens is 1. The molecule has 0 aliphatic carbocycles. The van der Waals surface area contributed by atoms with Crippen molar-refractivity contribution >= 4 is 55.7 Å². The summed E-state index contributed by atoms with van der Waals surface area (Å²) in [5.74, 6) is 0.417. The molecular weight excluding hydrogens is 413 g/mol. The minimum absolute atomic E-state index is 0.353. The Morgan fingerprint density at radius 2 is 2.18 bits per heavy atom. The molecule has 22 heavy (non-hydrogen) atoms. The Balaban J connectivity index is 2.24. The number of methoxy groups -OCH3 is 1. The lowest BCUT2D eigenvalue weighted by molar-refractivity contribution is 0.0997. The van der Waals surface area contributed by atoms with Crippen molar-refractivity contribution in [2.24, 2.45) is 5.73 Å². The van der Waals surface area contributed by atoms with E-state index < -0.39 is 5.91 Å². The number of benzene rings is 1. The van der Waals surface area contributed by atoms with E-state index in [0.717, 1.165) is 24.8 Å². The number of hydrogen-bond donors (Lipinski definition) is 2. The Morgan fingerprint density at radius 3 is 2.86 bits per heavy atom. The highest BCUT2D eigenvalue weighted by molar-refractivity contribution is 14.1. The SMILES string of the molecule is COc1cc(-c2csc3c(I)cnc(N)c23)ccc1C(N)=O. The van der Waals surface area contributed by atoms with Gasteiger partial charge in [-0.25, -0.2) is 4.98 Å². The number of primary amides is 1. The Morgan fingerprint density at radius 1 is 1.41 bits per heavy atom. The second kappa shape index (κ2) is 5.73. The smallest absolute Gasteiger partial charge is 0.252 e. The summed E-state index contributed by atoms with van der Waals surface area (Å²) < 4.78 is 7.42. The molecule has 1 aromatic carbocycles. The van der Waals surface area contributed by atoms with E-state index in [0.29, 0.717) is 17.1 Å². The van der Waals surface area contributed by atoms with Crippen molar-refractivity contribution in [3.8, 4) is 16.9 Å². The second-order valence-corrected chi connectivity index (χ2v) is 6.67. The number of thiophene rings is 1. The zero-order valence-corrected chi connectivity index (χ0v) is 14.6. The zero-order valence-electron chi connectivity index (χ0n) is 11.6. The van der Waals surface area contributed by atoms with Gasteiger partial charge in [0.25, 0.3) is 5.91 Å². The molecule has 2 heterocycles. The van der Waals surface area contributed by atoms with E-state index >= 15 is 0 Å². The van der Waals surface area contributed by atoms with Crippen LogP contribution in [0.4, 0.5) is 5.82 Å². The van der Waals surface area contributed by atoms with Crippen LogP contribution in [0, 0.1) is 3.57 Å². The minimum Gasteiger partial charge on any atom is -0.496 e. The normalized spacial score (nSPS) is 10.8. The van der Waals surface area contributed by atoms with Crippen LogP contribution in [0.2, 0.25) is 0 Å². The lowest BCUT2D eigenvalue weighted by Crippen LogP contribution is -2.12. The van der Waals surface area contributed by atoms with E-state index in [1.165, 1.54) is 7.11 Å². The third kappa shape index (κ3) is 2.40. The highest BCUT2D eigenvalue weighted by Crippen LogP contribution is 2.40. The standard InChI is InChI=1S/C15H12IN3O2S/c1-21-11-4-7(2-3-8(11)15(18)20)9-6-22-13-10(16)5-19-14(17)12(9)13/h2-6H,1H3,(H2,17,19)(H2,18,20). The van der Waals surface area contributed by atoms with Crippen molar-refractivity contribution in [1.82, 2.24) is 4.98 Å². The molecule has 0 aliphatic heterocycles. The van der Waals surface area contributed by atoms with Gasteiger partial charge >= 0.3 is 0 Å². The average Bonchev–Trinajstić information content (AvgIpc) is 2.96. The molecule has 1 amide bonds. The van der Waals surface area contributed by atoms with Gasteiger partial charge in [-0.05, 0) is 45.7 Å². The number of nitrogens with two attached hydrogens (primary N) is 2. The van der Waals surface area contributed by atoms with Crippen molar-refractivity contribution in [2.45, 2.75) is 0 Å². The van der Waals surface area contributed by atoms with E-state index in [2.05, 4.69) is 27.6 Å². The summed E-state index contributed by atoms with van der Waals surface area (Å²) in [5.41, 5.74) is 13.6. The van der Waals surface area contributed by atoms with Crippen molar-refractivity contribution < 1.29 is 9.53 Å². The van der Waals surface area contributed by atoms with E-state index in [-0.39, 0.29) is 0 Å². The number of anilines is 1. The molecule has 0 radical (unpaired) electrons. The van der Waals surface area contributed by atoms with Crippen molar-refractivity contribution in [3.05, 3.63) is 38.9 Å². The Labute approximate surface area is 144 Å². The van der Waals surface area contributed by atoms with Gasteiger partial charge in [0.05, 0.1) is 17.4 Å². The van der Waals surface area contributed by atoms with Gasteiger partial charge in [-0.1, -0.05) is 6.07 Å². The number of aromatic nitrogens is 1. The van der Waals surface area contributed by atoms with Crippen LogP contribution in [0.25, 0.3) is 21.2 Å². The average molecular weight is 425 g/mol. The van der Waals surface area contributed by atoms with Crippen LogP contribution in [0.15, 0.2) is 29.8 Å². The first kappa shape index (κ1) is 15.0. The van der Waals surface area contributed by atoms with Crippen LogP contribution in [0.5, 0.6) is 5.75 Å². The molecule has 0 saturated carbocycles. The molecule has 0 unspecified atom stereocenters. The van der Waals surface area contributed by atoms with E-state index in [1.807, 2.05) is 11.4 Å². The number of carbonyl (C=O) groups is 1. The number of fused-ring (bicyclic) bond motifs is 1. The fraction of sp³-hybridized carbons (Fsp3) is 0.0667. The number of rotatable bonds is 3. The lowest BCUT2D eigenvalue weighted by Gasteiger charge is -2.09. The number of carbonyl (C=O) groups excluding carboxylic acids is 1. The highest BCUT2D eigenvalue weighted by atomic mass is 127. The molecule has 0 spiro atoms. The molecule has 112 valence electrons. The summed E-state index contributed by atoms with van der Waals surface area (Å²) in [6.45, 7) is 0. The third-order valence-corrected chi connectivity index (χ3v) is 5.56. The molecule has 2 aromatic heterocycles. The summed E-state index contributed by atoms with van der Waals surface area (Å²) >= 11 is 3.86. The summed E-state index contributed by atoms with van der Waals surface area (Å²) in [7, 11) is 1.51. The summed E-state index contributed by atoms with van der Waals surface area (Å²) in [5, 5.41) is 2.95. The fourth-order valence-corrected chi connectivity index (χ4v) is 4.09. The molecule has 0 saturated heterocycles. The topological polar surface area (TPSA) is 91.2 Å². The number of amides is 1. The van der Waals surface area contributed by atoms with E-state index in [1.54, 1.807) is 29.7 Å². The van der Waals surface area contributed by atoms with E-state index in [4.69, 9.17) is 16.2 Å². The van der Waals surface area contributed by atoms with Crippen LogP contribution in [0.1, 0.15) is 10.4 Å². The number of nitrogens with zero attached hydrogens (tertiary/aromatic N) is 1. The fourth-order valence-electron chi connectivity index (χ4n) is 2.31. The van der Waals surface area contributed by atoms with Crippen molar-refractivity contribution in [2.75, 3.05) is 12.8 Å². The summed E-state index contributed by atoms with van der Waals surface area (Å²) in [6, 6.07) is 5.29. The van der Waals surface area contributed by atoms with Crippen LogP contribution >= 0.6 is 33.9 Å². The summed E-state index contributed by atoms with van der Waals surface area (Å²) in [4.78, 5) is 15.6. The number of ether oxygens (including phenoxy) is 1. The van der Waals surface area contributed by atoms with Crippen LogP contribution in [-0.4, -0.2) is 18.0 Å². The molecule has 0 bridgehead atoms. The predicted octanol–water partition coefficient (Wildman–Crippen LogP) is 3.26. The maximum Gasteiger partial charge on any atom is 0.252 e. The van der Waals surface area contributed by atoms with Gasteiger partial charge < -0.3 is 16.2 Å². The lowest BCUT2D eigenvalue weighted by atomic mass is 10.0. The molecule has 0 fully saturated rings. The van der Waals surface area contributed by atoms with Crippen LogP contribution in [-0.2, 0) is 0 Å². The first-order valence-corrected chi connectivity index (χ1v) is 8.28. The molecular formula is C15H12IN3O2S. The number of hydrogen-bond acceptors (Lipinski definition) is 5. The van der Waals surface area contributed by atoms with Crippen LogP contribution < -0.4 is 16.2 Å². The zero-order chi connectivity index (χ0) is 15.9. The monoisotopic (exact) mass is 425 g/mol. The van der Waals surface area contributed by atoms with Gasteiger partial charge in [0.2, 0.25) is 0 Å². The number of pyridine rings is 1. The number of nitrogen functional groups attached to an aromatic ring is 1. The van der Waals surface area contributed by atoms with Crippen molar-refractivity contribution in [1.29, 1.82) is 0 Å². The molecule has 0 atom stereocenters. The van der Waals surface area contributed by atoms with Gasteiger partial charge in [0, 0.05) is 20.7 Å². The molecule has 7 heteroatoms. The predicted molar refractivity (Wildman–Crippen MR) is 97.3 cm³/mol. The van der Waals surface area contributed by atoms with E-state index in [9.17, 15) is 4.79 Å². The summed E-state index contributed by atoms with van der Waals surface area (Å²) in [6.07, 6.45) is 1.76. The van der Waals surface area contributed by atoms with Gasteiger partial charge in [-0.3, -0.25) is 4.79 Å². The van der Waals surface area contributed by atoms with Gasteiger partial charge in [0.15, 0.2) is 0 Å².